The predicted molar refractivity (Wildman–Crippen MR) is 100 cm³/mol. The van der Waals surface area contributed by atoms with E-state index in [0.29, 0.717) is 28.0 Å². The van der Waals surface area contributed by atoms with Crippen molar-refractivity contribution in [1.29, 1.82) is 0 Å². The van der Waals surface area contributed by atoms with Gasteiger partial charge in [0.2, 0.25) is 0 Å². The molecule has 1 heterocycles. The molecular formula is C21H18F2N2O3. The van der Waals surface area contributed by atoms with E-state index in [1.54, 1.807) is 18.2 Å². The Kier molecular flexibility index (Phi) is 5.44. The number of hydrogen-bond acceptors (Lipinski definition) is 4. The van der Waals surface area contributed by atoms with E-state index in [9.17, 15) is 18.4 Å². The van der Waals surface area contributed by atoms with Gasteiger partial charge in [-0.05, 0) is 38.0 Å². The second kappa shape index (κ2) is 7.80. The Labute approximate surface area is 160 Å². The van der Waals surface area contributed by atoms with Crippen LogP contribution in [0.4, 0.5) is 8.78 Å². The second-order valence-electron chi connectivity index (χ2n) is 6.51. The summed E-state index contributed by atoms with van der Waals surface area (Å²) >= 11 is 0. The highest BCUT2D eigenvalue weighted by atomic mass is 19.3. The molecule has 0 saturated carbocycles. The molecular weight excluding hydrogens is 366 g/mol. The number of carbonyl (C=O) groups excluding carboxylic acids is 1. The van der Waals surface area contributed by atoms with Crippen LogP contribution in [0.15, 0.2) is 48.5 Å². The molecule has 0 spiro atoms. The van der Waals surface area contributed by atoms with Gasteiger partial charge in [-0.1, -0.05) is 30.3 Å². The topological polar surface area (TPSA) is 80.2 Å². The van der Waals surface area contributed by atoms with Gasteiger partial charge in [-0.15, -0.1) is 0 Å². The van der Waals surface area contributed by atoms with Gasteiger partial charge < -0.3 is 5.11 Å². The van der Waals surface area contributed by atoms with E-state index in [-0.39, 0.29) is 18.6 Å². The monoisotopic (exact) mass is 384 g/mol. The lowest BCUT2D eigenvalue weighted by molar-refractivity contribution is -0.165. The number of halogens is 2. The van der Waals surface area contributed by atoms with E-state index in [0.717, 1.165) is 5.56 Å². The predicted octanol–water partition coefficient (Wildman–Crippen LogP) is 4.54. The highest BCUT2D eigenvalue weighted by Crippen LogP contribution is 2.27. The molecule has 0 saturated heterocycles. The van der Waals surface area contributed by atoms with Crippen molar-refractivity contribution < 1.29 is 23.5 Å². The molecule has 1 aromatic heterocycles. The first-order chi connectivity index (χ1) is 13.3. The Balaban J connectivity index is 2.01. The number of carboxylic acids is 1. The molecule has 3 aromatic rings. The number of benzene rings is 2. The maximum Gasteiger partial charge on any atom is 0.374 e. The van der Waals surface area contributed by atoms with Crippen LogP contribution in [0.5, 0.6) is 0 Å². The van der Waals surface area contributed by atoms with Gasteiger partial charge >= 0.3 is 11.9 Å². The van der Waals surface area contributed by atoms with E-state index in [2.05, 4.69) is 9.97 Å². The van der Waals surface area contributed by atoms with Crippen molar-refractivity contribution in [2.45, 2.75) is 32.1 Å². The maximum absolute atomic E-state index is 13.4. The molecule has 2 aromatic carbocycles. The van der Waals surface area contributed by atoms with E-state index < -0.39 is 18.3 Å². The smallest absolute Gasteiger partial charge is 0.374 e. The molecule has 0 atom stereocenters. The molecule has 0 radical (unpaired) electrons. The first-order valence-corrected chi connectivity index (χ1v) is 8.76. The molecule has 3 rings (SSSR count). The molecule has 0 fully saturated rings. The molecule has 0 aliphatic carbocycles. The Morgan fingerprint density at radius 1 is 1.04 bits per heavy atom. The van der Waals surface area contributed by atoms with Crippen LogP contribution >= 0.6 is 0 Å². The largest absolute Gasteiger partial charge is 0.477 e. The maximum atomic E-state index is 13.4. The zero-order valence-corrected chi connectivity index (χ0v) is 15.2. The van der Waals surface area contributed by atoms with Crippen LogP contribution in [0.25, 0.3) is 22.3 Å². The Morgan fingerprint density at radius 3 is 2.39 bits per heavy atom. The van der Waals surface area contributed by atoms with Gasteiger partial charge in [0.1, 0.15) is 0 Å². The number of Topliss-reactive ketones (excluding diaryl/α,β-unsaturated/α-hetero) is 1. The summed E-state index contributed by atoms with van der Waals surface area (Å²) in [5.74, 6) is -6.02. The van der Waals surface area contributed by atoms with Gasteiger partial charge in [0.15, 0.2) is 5.78 Å². The fraction of sp³-hybridized carbons (Fsp3) is 0.238. The van der Waals surface area contributed by atoms with Crippen molar-refractivity contribution in [2.24, 2.45) is 0 Å². The molecule has 1 N–H and O–H groups in total. The van der Waals surface area contributed by atoms with Crippen LogP contribution in [0.3, 0.4) is 0 Å². The first kappa shape index (κ1) is 19.5. The van der Waals surface area contributed by atoms with Crippen LogP contribution in [-0.2, 0) is 11.2 Å². The number of aryl methyl sites for hydroxylation is 1. The minimum atomic E-state index is -3.78. The summed E-state index contributed by atoms with van der Waals surface area (Å²) in [5.41, 5.74) is 3.39. The average molecular weight is 384 g/mol. The summed E-state index contributed by atoms with van der Waals surface area (Å²) in [4.78, 5) is 31.4. The summed E-state index contributed by atoms with van der Waals surface area (Å²) < 4.78 is 26.8. The summed E-state index contributed by atoms with van der Waals surface area (Å²) in [6, 6.07) is 14.2. The van der Waals surface area contributed by atoms with E-state index in [1.165, 1.54) is 6.92 Å². The van der Waals surface area contributed by atoms with E-state index >= 15 is 0 Å². The number of aromatic nitrogens is 2. The van der Waals surface area contributed by atoms with E-state index in [4.69, 9.17) is 5.11 Å². The third-order valence-electron chi connectivity index (χ3n) is 4.41. The molecule has 28 heavy (non-hydrogen) atoms. The van der Waals surface area contributed by atoms with Crippen molar-refractivity contribution in [1.82, 2.24) is 9.97 Å². The lowest BCUT2D eigenvalue weighted by Gasteiger charge is -2.13. The standard InChI is InChI=1S/C21H18F2N2O3/c1-13(26)15-9-10-16-18(12-15)24-17(8-5-11-21(22,23)20(27)28)19(25-16)14-6-3-2-4-7-14/h2-4,6-7,9-10,12H,5,8,11H2,1H3,(H,27,28). The molecule has 0 unspecified atom stereocenters. The van der Waals surface area contributed by atoms with Crippen LogP contribution < -0.4 is 0 Å². The van der Waals surface area contributed by atoms with Crippen LogP contribution in [0.1, 0.15) is 35.8 Å². The lowest BCUT2D eigenvalue weighted by Crippen LogP contribution is -2.28. The first-order valence-electron chi connectivity index (χ1n) is 8.76. The average Bonchev–Trinajstić information content (AvgIpc) is 2.67. The van der Waals surface area contributed by atoms with Crippen LogP contribution in [-0.4, -0.2) is 32.7 Å². The summed E-state index contributed by atoms with van der Waals surface area (Å²) in [6.07, 6.45) is -0.712. The Bertz CT molecular complexity index is 1040. The van der Waals surface area contributed by atoms with Gasteiger partial charge in [0.25, 0.3) is 0 Å². The van der Waals surface area contributed by atoms with Crippen LogP contribution in [0.2, 0.25) is 0 Å². The minimum absolute atomic E-state index is 0.0638. The number of nitrogens with zero attached hydrogens (tertiary/aromatic N) is 2. The van der Waals surface area contributed by atoms with Crippen molar-refractivity contribution >= 4 is 22.8 Å². The number of fused-ring (bicyclic) bond motifs is 1. The lowest BCUT2D eigenvalue weighted by atomic mass is 10.0. The van der Waals surface area contributed by atoms with Gasteiger partial charge in [-0.25, -0.2) is 14.8 Å². The van der Waals surface area contributed by atoms with Crippen LogP contribution in [0, 0.1) is 0 Å². The fourth-order valence-electron chi connectivity index (χ4n) is 2.90. The summed E-state index contributed by atoms with van der Waals surface area (Å²) in [6.45, 7) is 1.45. The molecule has 0 bridgehead atoms. The number of ketones is 1. The highest BCUT2D eigenvalue weighted by molar-refractivity contribution is 5.97. The number of aliphatic carboxylic acids is 1. The number of alkyl halides is 2. The Hall–Kier alpha value is -3.22. The number of carbonyl (C=O) groups is 2. The minimum Gasteiger partial charge on any atom is -0.477 e. The third kappa shape index (κ3) is 4.19. The molecule has 0 aliphatic heterocycles. The SMILES string of the molecule is CC(=O)c1ccc2nc(-c3ccccc3)c(CCCC(F)(F)C(=O)O)nc2c1. The fourth-order valence-corrected chi connectivity index (χ4v) is 2.90. The zero-order chi connectivity index (χ0) is 20.3. The van der Waals surface area contributed by atoms with Crippen molar-refractivity contribution in [3.63, 3.8) is 0 Å². The quantitative estimate of drug-likeness (QED) is 0.605. The third-order valence-corrected chi connectivity index (χ3v) is 4.41. The molecule has 7 heteroatoms. The van der Waals surface area contributed by atoms with Gasteiger partial charge in [0, 0.05) is 17.5 Å². The van der Waals surface area contributed by atoms with Gasteiger partial charge in [-0.2, -0.15) is 8.78 Å². The highest BCUT2D eigenvalue weighted by Gasteiger charge is 2.37. The van der Waals surface area contributed by atoms with Gasteiger partial charge in [-0.3, -0.25) is 4.79 Å². The Morgan fingerprint density at radius 2 is 1.75 bits per heavy atom. The van der Waals surface area contributed by atoms with Crippen molar-refractivity contribution in [3.8, 4) is 11.3 Å². The van der Waals surface area contributed by atoms with Crippen molar-refractivity contribution in [3.05, 3.63) is 59.8 Å². The van der Waals surface area contributed by atoms with E-state index in [1.807, 2.05) is 30.3 Å². The molecule has 0 aliphatic rings. The van der Waals surface area contributed by atoms with Crippen molar-refractivity contribution in [2.75, 3.05) is 0 Å². The van der Waals surface area contributed by atoms with Gasteiger partial charge in [0.05, 0.1) is 22.4 Å². The molecule has 5 nitrogen and oxygen atoms in total. The molecule has 0 amide bonds. The summed E-state index contributed by atoms with van der Waals surface area (Å²) in [5, 5.41) is 8.59. The number of rotatable bonds is 7. The number of carboxylic acid groups (broad SMARTS) is 1. The normalized spacial score (nSPS) is 11.5. The zero-order valence-electron chi connectivity index (χ0n) is 15.2. The number of hydrogen-bond donors (Lipinski definition) is 1. The molecule has 144 valence electrons. The second-order valence-corrected chi connectivity index (χ2v) is 6.51. The summed E-state index contributed by atoms with van der Waals surface area (Å²) in [7, 11) is 0.